The Labute approximate surface area is 53.6 Å². The van der Waals surface area contributed by atoms with Crippen LogP contribution in [0.4, 0.5) is 0 Å². The number of hydrogen-bond acceptors (Lipinski definition) is 3. The van der Waals surface area contributed by atoms with Gasteiger partial charge in [-0.05, 0) is 5.75 Å². The van der Waals surface area contributed by atoms with Crippen LogP contribution < -0.4 is 4.72 Å². The lowest BCUT2D eigenvalue weighted by atomic mass is 10.5. The Kier molecular flexibility index (Phi) is 4.44. The number of amides is 1. The van der Waals surface area contributed by atoms with E-state index in [4.69, 9.17) is 0 Å². The van der Waals surface area contributed by atoms with Gasteiger partial charge in [-0.2, -0.15) is 12.6 Å². The minimum Gasteiger partial charge on any atom is -0.303 e. The molecule has 0 aromatic rings. The molecule has 0 saturated carbocycles. The molecule has 0 heterocycles. The third kappa shape index (κ3) is 4.01. The highest BCUT2D eigenvalue weighted by molar-refractivity contribution is 7.80. The van der Waals surface area contributed by atoms with Crippen molar-refractivity contribution in [3.8, 4) is 0 Å². The second kappa shape index (κ2) is 4.33. The van der Waals surface area contributed by atoms with E-state index < -0.39 is 0 Å². The standard InChI is InChI=1S/C3H7NOS2/c5-3(4-7)1-2-6/h6-7H,1-2H2,(H,4,5). The third-order valence-corrected chi connectivity index (χ3v) is 0.937. The molecule has 0 aliphatic rings. The topological polar surface area (TPSA) is 29.1 Å². The van der Waals surface area contributed by atoms with Crippen LogP contribution in [0.1, 0.15) is 6.42 Å². The molecule has 0 fully saturated rings. The van der Waals surface area contributed by atoms with E-state index in [1.807, 2.05) is 0 Å². The average Bonchev–Trinajstić information content (AvgIpc) is 1.68. The van der Waals surface area contributed by atoms with Crippen LogP contribution in [0.2, 0.25) is 0 Å². The van der Waals surface area contributed by atoms with Crippen LogP contribution in [0.15, 0.2) is 0 Å². The molecule has 0 unspecified atom stereocenters. The summed E-state index contributed by atoms with van der Waals surface area (Å²) in [5.41, 5.74) is 0. The minimum atomic E-state index is -0.0849. The highest BCUT2D eigenvalue weighted by Gasteiger charge is 1.91. The molecule has 0 aromatic heterocycles. The van der Waals surface area contributed by atoms with Crippen molar-refractivity contribution in [3.63, 3.8) is 0 Å². The second-order valence-electron chi connectivity index (χ2n) is 1.01. The summed E-state index contributed by atoms with van der Waals surface area (Å²) in [6.45, 7) is 0. The molecule has 1 N–H and O–H groups in total. The first-order valence-electron chi connectivity index (χ1n) is 1.85. The highest BCUT2D eigenvalue weighted by atomic mass is 32.1. The number of hydrogen-bond donors (Lipinski definition) is 3. The van der Waals surface area contributed by atoms with Crippen LogP contribution in [-0.4, -0.2) is 11.7 Å². The second-order valence-corrected chi connectivity index (χ2v) is 1.68. The van der Waals surface area contributed by atoms with Crippen molar-refractivity contribution in [3.05, 3.63) is 0 Å². The van der Waals surface area contributed by atoms with Gasteiger partial charge in [-0.1, -0.05) is 12.8 Å². The monoisotopic (exact) mass is 137 g/mol. The molecule has 42 valence electrons. The summed E-state index contributed by atoms with van der Waals surface area (Å²) in [7, 11) is 0. The van der Waals surface area contributed by atoms with Crippen molar-refractivity contribution < 1.29 is 4.79 Å². The van der Waals surface area contributed by atoms with E-state index >= 15 is 0 Å². The van der Waals surface area contributed by atoms with Crippen molar-refractivity contribution in [2.24, 2.45) is 0 Å². The maximum atomic E-state index is 10.2. The molecule has 0 radical (unpaired) electrons. The molecule has 1 amide bonds. The summed E-state index contributed by atoms with van der Waals surface area (Å²) in [5.74, 6) is 0.491. The molecule has 4 heteroatoms. The average molecular weight is 137 g/mol. The minimum absolute atomic E-state index is 0.0849. The number of nitrogens with one attached hydrogen (secondary N) is 1. The number of thiol groups is 2. The smallest absolute Gasteiger partial charge is 0.230 e. The van der Waals surface area contributed by atoms with Crippen molar-refractivity contribution >= 4 is 31.4 Å². The first-order valence-corrected chi connectivity index (χ1v) is 2.93. The Morgan fingerprint density at radius 1 is 1.71 bits per heavy atom. The quantitative estimate of drug-likeness (QED) is 0.468. The van der Waals surface area contributed by atoms with E-state index in [1.165, 1.54) is 0 Å². The number of rotatable bonds is 2. The molecule has 0 aromatic carbocycles. The Hall–Kier alpha value is 0.170. The lowest BCUT2D eigenvalue weighted by Crippen LogP contribution is -2.11. The first kappa shape index (κ1) is 7.17. The van der Waals surface area contributed by atoms with E-state index in [2.05, 4.69) is 30.2 Å². The largest absolute Gasteiger partial charge is 0.303 e. The molecule has 0 rings (SSSR count). The van der Waals surface area contributed by atoms with Crippen LogP contribution in [0.5, 0.6) is 0 Å². The van der Waals surface area contributed by atoms with Gasteiger partial charge in [0.2, 0.25) is 5.91 Å². The fraction of sp³-hybridized carbons (Fsp3) is 0.667. The van der Waals surface area contributed by atoms with Gasteiger partial charge in [0.1, 0.15) is 0 Å². The maximum Gasteiger partial charge on any atom is 0.230 e. The van der Waals surface area contributed by atoms with Crippen LogP contribution in [0, 0.1) is 0 Å². The molecule has 0 atom stereocenters. The summed E-state index contributed by atoms with van der Waals surface area (Å²) in [6.07, 6.45) is 0.437. The zero-order chi connectivity index (χ0) is 5.70. The molecule has 2 nitrogen and oxygen atoms in total. The van der Waals surface area contributed by atoms with Gasteiger partial charge in [0.05, 0.1) is 0 Å². The SMILES string of the molecule is O=C(CCS)NS. The first-order chi connectivity index (χ1) is 3.31. The van der Waals surface area contributed by atoms with Crippen molar-refractivity contribution in [2.75, 3.05) is 5.75 Å². The molecular weight excluding hydrogens is 130 g/mol. The van der Waals surface area contributed by atoms with Crippen LogP contribution >= 0.6 is 25.4 Å². The normalized spacial score (nSPS) is 8.29. The molecular formula is C3H7NOS2. The Balaban J connectivity index is 3.00. The van der Waals surface area contributed by atoms with Crippen molar-refractivity contribution in [1.29, 1.82) is 0 Å². The van der Waals surface area contributed by atoms with Gasteiger partial charge in [0, 0.05) is 6.42 Å². The lowest BCUT2D eigenvalue weighted by Gasteiger charge is -1.89. The van der Waals surface area contributed by atoms with Gasteiger partial charge in [0.15, 0.2) is 0 Å². The van der Waals surface area contributed by atoms with Gasteiger partial charge in [-0.15, -0.1) is 0 Å². The predicted molar refractivity (Wildman–Crippen MR) is 35.6 cm³/mol. The molecule has 0 bridgehead atoms. The van der Waals surface area contributed by atoms with Gasteiger partial charge in [-0.3, -0.25) is 4.79 Å². The van der Waals surface area contributed by atoms with E-state index in [0.29, 0.717) is 12.2 Å². The van der Waals surface area contributed by atoms with Crippen LogP contribution in [0.3, 0.4) is 0 Å². The number of carbonyl (C=O) groups is 1. The van der Waals surface area contributed by atoms with Gasteiger partial charge >= 0.3 is 0 Å². The molecule has 0 saturated heterocycles. The molecule has 0 aliphatic carbocycles. The van der Waals surface area contributed by atoms with Crippen LogP contribution in [0.25, 0.3) is 0 Å². The van der Waals surface area contributed by atoms with E-state index in [9.17, 15) is 4.79 Å². The maximum absolute atomic E-state index is 10.2. The van der Waals surface area contributed by atoms with E-state index in [1.54, 1.807) is 0 Å². The molecule has 0 spiro atoms. The van der Waals surface area contributed by atoms with Gasteiger partial charge in [-0.25, -0.2) is 0 Å². The Morgan fingerprint density at radius 2 is 2.29 bits per heavy atom. The summed E-state index contributed by atoms with van der Waals surface area (Å²) < 4.78 is 2.17. The zero-order valence-electron chi connectivity index (χ0n) is 3.72. The predicted octanol–water partition coefficient (Wildman–Crippen LogP) is 0.267. The Bertz CT molecular complexity index is 66.0. The fourth-order valence-electron chi connectivity index (χ4n) is 0.157. The summed E-state index contributed by atoms with van der Waals surface area (Å²) in [5, 5.41) is 0. The Morgan fingerprint density at radius 3 is 2.43 bits per heavy atom. The van der Waals surface area contributed by atoms with Gasteiger partial charge in [0.25, 0.3) is 0 Å². The molecule has 0 aliphatic heterocycles. The number of carbonyl (C=O) groups excluding carboxylic acids is 1. The molecule has 7 heavy (non-hydrogen) atoms. The fourth-order valence-corrected chi connectivity index (χ4v) is 0.472. The van der Waals surface area contributed by atoms with Crippen LogP contribution in [-0.2, 0) is 4.79 Å². The van der Waals surface area contributed by atoms with Crippen molar-refractivity contribution in [2.45, 2.75) is 6.42 Å². The third-order valence-electron chi connectivity index (χ3n) is 0.464. The highest BCUT2D eigenvalue weighted by Crippen LogP contribution is 1.82. The summed E-state index contributed by atoms with van der Waals surface area (Å²) in [6, 6.07) is 0. The summed E-state index contributed by atoms with van der Waals surface area (Å²) >= 11 is 7.34. The summed E-state index contributed by atoms with van der Waals surface area (Å²) in [4.78, 5) is 10.2. The van der Waals surface area contributed by atoms with E-state index in [-0.39, 0.29) is 5.91 Å². The van der Waals surface area contributed by atoms with E-state index in [0.717, 1.165) is 0 Å². The van der Waals surface area contributed by atoms with Gasteiger partial charge < -0.3 is 4.72 Å². The van der Waals surface area contributed by atoms with Crippen molar-refractivity contribution in [1.82, 2.24) is 4.72 Å². The zero-order valence-corrected chi connectivity index (χ0v) is 5.51. The lowest BCUT2D eigenvalue weighted by molar-refractivity contribution is -0.118.